The van der Waals surface area contributed by atoms with E-state index in [0.29, 0.717) is 40.1 Å². The minimum Gasteiger partial charge on any atom is -0.462 e. The summed E-state index contributed by atoms with van der Waals surface area (Å²) in [5, 5.41) is 0. The van der Waals surface area contributed by atoms with E-state index in [-0.39, 0.29) is 23.1 Å². The Morgan fingerprint density at radius 2 is 1.51 bits per heavy atom. The lowest BCUT2D eigenvalue weighted by Crippen LogP contribution is -2.77. The lowest BCUT2D eigenvalue weighted by Gasteiger charge is -2.77. The molecule has 0 radical (unpaired) electrons. The fraction of sp³-hybridized carbons (Fsp3) is 0.969. The second kappa shape index (κ2) is 7.29. The van der Waals surface area contributed by atoms with Crippen LogP contribution in [-0.4, -0.2) is 23.8 Å². The molecule has 0 N–H and O–H groups in total. The lowest BCUT2D eigenvalue weighted by atomic mass is 9.31. The van der Waals surface area contributed by atoms with Gasteiger partial charge in [-0.1, -0.05) is 55.4 Å². The van der Waals surface area contributed by atoms with Gasteiger partial charge in [0.15, 0.2) is 0 Å². The van der Waals surface area contributed by atoms with Crippen LogP contribution in [0.1, 0.15) is 126 Å². The number of hydrogen-bond donors (Lipinski definition) is 0. The van der Waals surface area contributed by atoms with Crippen molar-refractivity contribution in [1.82, 2.24) is 0 Å². The van der Waals surface area contributed by atoms with Crippen molar-refractivity contribution in [2.45, 2.75) is 144 Å². The summed E-state index contributed by atoms with van der Waals surface area (Å²) < 4.78 is 12.8. The second-order valence-corrected chi connectivity index (χ2v) is 16.0. The first kappa shape index (κ1) is 24.7. The molecule has 2 bridgehead atoms. The summed E-state index contributed by atoms with van der Waals surface area (Å²) in [6.45, 7) is 19.8. The molecule has 6 aliphatic rings. The summed E-state index contributed by atoms with van der Waals surface area (Å²) >= 11 is 0. The average Bonchev–Trinajstić information content (AvgIpc) is 2.76. The van der Waals surface area contributed by atoms with E-state index < -0.39 is 0 Å². The maximum atomic E-state index is 12.2. The Kier molecular flexibility index (Phi) is 5.16. The molecule has 4 saturated carbocycles. The molecular weight excluding hydrogens is 432 g/mol. The van der Waals surface area contributed by atoms with Gasteiger partial charge in [0.05, 0.1) is 11.7 Å². The van der Waals surface area contributed by atoms with Crippen LogP contribution in [0.3, 0.4) is 0 Å². The molecule has 3 unspecified atom stereocenters. The van der Waals surface area contributed by atoms with Crippen LogP contribution in [0, 0.1) is 50.7 Å². The highest BCUT2D eigenvalue weighted by molar-refractivity contribution is 5.69. The number of rotatable bonds is 2. The summed E-state index contributed by atoms with van der Waals surface area (Å²) in [4.78, 5) is 12.2. The van der Waals surface area contributed by atoms with Crippen molar-refractivity contribution < 1.29 is 14.3 Å². The predicted molar refractivity (Wildman–Crippen MR) is 140 cm³/mol. The van der Waals surface area contributed by atoms with Crippen LogP contribution in [0.2, 0.25) is 0 Å². The summed E-state index contributed by atoms with van der Waals surface area (Å²) in [7, 11) is 0. The lowest BCUT2D eigenvalue weighted by molar-refractivity contribution is -0.384. The van der Waals surface area contributed by atoms with Gasteiger partial charge in [-0.2, -0.15) is 0 Å². The summed E-state index contributed by atoms with van der Waals surface area (Å²) in [5.41, 5.74) is 1.78. The molecule has 3 heteroatoms. The van der Waals surface area contributed by atoms with Gasteiger partial charge in [-0.3, -0.25) is 4.79 Å². The fourth-order valence-electron chi connectivity index (χ4n) is 12.0. The van der Waals surface area contributed by atoms with Crippen molar-refractivity contribution in [3.8, 4) is 0 Å². The largest absolute Gasteiger partial charge is 0.462 e. The molecule has 2 heterocycles. The van der Waals surface area contributed by atoms with Gasteiger partial charge in [-0.05, 0) is 104 Å². The Hall–Kier alpha value is -0.570. The van der Waals surface area contributed by atoms with Gasteiger partial charge in [0.1, 0.15) is 6.10 Å². The zero-order valence-corrected chi connectivity index (χ0v) is 24.0. The smallest absolute Gasteiger partial charge is 0.305 e. The van der Waals surface area contributed by atoms with E-state index in [4.69, 9.17) is 9.47 Å². The first-order valence-electron chi connectivity index (χ1n) is 15.1. The van der Waals surface area contributed by atoms with Gasteiger partial charge in [-0.15, -0.1) is 0 Å². The van der Waals surface area contributed by atoms with Crippen LogP contribution in [0.15, 0.2) is 0 Å². The molecule has 0 aromatic carbocycles. The number of esters is 1. The molecule has 6 rings (SSSR count). The van der Waals surface area contributed by atoms with Crippen molar-refractivity contribution >= 4 is 5.97 Å². The van der Waals surface area contributed by atoms with E-state index >= 15 is 0 Å². The monoisotopic (exact) mass is 484 g/mol. The summed E-state index contributed by atoms with van der Waals surface area (Å²) in [6, 6.07) is 0. The molecule has 1 spiro atoms. The van der Waals surface area contributed by atoms with E-state index in [1.165, 1.54) is 57.8 Å². The van der Waals surface area contributed by atoms with Gasteiger partial charge < -0.3 is 9.47 Å². The first-order chi connectivity index (χ1) is 16.3. The van der Waals surface area contributed by atoms with Crippen LogP contribution in [0.4, 0.5) is 0 Å². The quantitative estimate of drug-likeness (QED) is 0.373. The Bertz CT molecular complexity index is 902. The molecule has 35 heavy (non-hydrogen) atoms. The fourth-order valence-corrected chi connectivity index (χ4v) is 12.0. The van der Waals surface area contributed by atoms with Crippen LogP contribution in [0.5, 0.6) is 0 Å². The standard InChI is InChI=1S/C32H52O3/c1-9-24(33)34-23-13-14-29(6)21(28(23,4)5)12-15-31(8)22(29)11-10-20-25-26-27(2,3)16-18-32(25,35-26)19-17-30(20,31)7/h20-23,25-26H,9-19H2,1-8H3/t20-,21?,22?,23+,25?,26-,29+,30-,31-,32+/m1/s1. The molecule has 10 atom stereocenters. The number of ether oxygens (including phenoxy) is 2. The number of fused-ring (bicyclic) bond motifs is 8. The van der Waals surface area contributed by atoms with Crippen molar-refractivity contribution in [3.63, 3.8) is 0 Å². The van der Waals surface area contributed by atoms with E-state index in [2.05, 4.69) is 48.5 Å². The molecule has 2 aliphatic heterocycles. The van der Waals surface area contributed by atoms with Crippen molar-refractivity contribution in [1.29, 1.82) is 0 Å². The third-order valence-corrected chi connectivity index (χ3v) is 14.2. The summed E-state index contributed by atoms with van der Waals surface area (Å²) in [5.74, 6) is 3.00. The molecular formula is C32H52O3. The number of carbonyl (C=O) groups is 1. The highest BCUT2D eigenvalue weighted by Crippen LogP contribution is 2.78. The highest BCUT2D eigenvalue weighted by atomic mass is 16.5. The third-order valence-electron chi connectivity index (χ3n) is 14.2. The zero-order valence-electron chi connectivity index (χ0n) is 24.0. The molecule has 3 nitrogen and oxygen atoms in total. The Morgan fingerprint density at radius 1 is 0.800 bits per heavy atom. The average molecular weight is 485 g/mol. The van der Waals surface area contributed by atoms with Crippen molar-refractivity contribution in [2.75, 3.05) is 0 Å². The zero-order chi connectivity index (χ0) is 25.2. The maximum absolute atomic E-state index is 12.2. The second-order valence-electron chi connectivity index (χ2n) is 16.0. The van der Waals surface area contributed by atoms with E-state index in [1.54, 1.807) is 0 Å². The minimum atomic E-state index is -0.0207. The highest BCUT2D eigenvalue weighted by Gasteiger charge is 2.75. The predicted octanol–water partition coefficient (Wildman–Crippen LogP) is 7.95. The van der Waals surface area contributed by atoms with Crippen LogP contribution in [0.25, 0.3) is 0 Å². The van der Waals surface area contributed by atoms with E-state index in [0.717, 1.165) is 24.2 Å². The molecule has 198 valence electrons. The van der Waals surface area contributed by atoms with Crippen molar-refractivity contribution in [2.24, 2.45) is 50.7 Å². The first-order valence-corrected chi connectivity index (χ1v) is 15.1. The Balaban J connectivity index is 1.32. The van der Waals surface area contributed by atoms with Crippen LogP contribution < -0.4 is 0 Å². The van der Waals surface area contributed by atoms with Gasteiger partial charge in [0, 0.05) is 17.8 Å². The number of hydrogen-bond acceptors (Lipinski definition) is 3. The van der Waals surface area contributed by atoms with Gasteiger partial charge in [-0.25, -0.2) is 0 Å². The molecule has 6 fully saturated rings. The van der Waals surface area contributed by atoms with E-state index in [9.17, 15) is 4.79 Å². The summed E-state index contributed by atoms with van der Waals surface area (Å²) in [6.07, 6.45) is 14.0. The topological polar surface area (TPSA) is 35.5 Å². The normalized spacial score (nSPS) is 55.3. The van der Waals surface area contributed by atoms with Gasteiger partial charge in [0.2, 0.25) is 0 Å². The minimum absolute atomic E-state index is 0.0207. The number of carbonyl (C=O) groups excluding carboxylic acids is 1. The maximum Gasteiger partial charge on any atom is 0.305 e. The Labute approximate surface area is 214 Å². The molecule has 0 aromatic heterocycles. The molecule has 2 saturated heterocycles. The van der Waals surface area contributed by atoms with Crippen LogP contribution >= 0.6 is 0 Å². The van der Waals surface area contributed by atoms with Gasteiger partial charge in [0.25, 0.3) is 0 Å². The Morgan fingerprint density at radius 3 is 2.20 bits per heavy atom. The van der Waals surface area contributed by atoms with Crippen LogP contribution in [-0.2, 0) is 14.3 Å². The van der Waals surface area contributed by atoms with Gasteiger partial charge >= 0.3 is 5.97 Å². The SMILES string of the molecule is CCC(=O)O[C@H]1CC[C@@]2(C)C(CC[C@]3(C)C2CC[C@@H]2C4[C@H]5O[C@@]4(CCC5(C)C)CC[C@]23C)C1(C)C. The third kappa shape index (κ3) is 2.92. The molecule has 0 aromatic rings. The molecule has 0 amide bonds. The van der Waals surface area contributed by atoms with Crippen molar-refractivity contribution in [3.05, 3.63) is 0 Å². The molecule has 4 aliphatic carbocycles. The van der Waals surface area contributed by atoms with E-state index in [1.807, 2.05) is 6.92 Å².